The number of hydrogen-bond donors (Lipinski definition) is 1. The van der Waals surface area contributed by atoms with Crippen LogP contribution in [0.5, 0.6) is 0 Å². The summed E-state index contributed by atoms with van der Waals surface area (Å²) in [4.78, 5) is 2.70. The molecule has 1 aromatic carbocycles. The lowest BCUT2D eigenvalue weighted by Crippen LogP contribution is -2.17. The molecule has 2 aromatic heterocycles. The minimum Gasteiger partial charge on any atom is -0.312 e. The lowest BCUT2D eigenvalue weighted by Gasteiger charge is -2.12. The van der Waals surface area contributed by atoms with Crippen LogP contribution in [0, 0.1) is 0 Å². The van der Waals surface area contributed by atoms with Crippen molar-refractivity contribution in [3.05, 3.63) is 56.6 Å². The molecule has 3 rings (SSSR count). The Labute approximate surface area is 125 Å². The average molecular weight is 308 g/mol. The van der Waals surface area contributed by atoms with Gasteiger partial charge in [-0.3, -0.25) is 0 Å². The van der Waals surface area contributed by atoms with Crippen LogP contribution in [0.15, 0.2) is 42.5 Å². The van der Waals surface area contributed by atoms with Gasteiger partial charge in [0.2, 0.25) is 0 Å². The molecule has 0 radical (unpaired) electrons. The Balaban J connectivity index is 1.88. The highest BCUT2D eigenvalue weighted by Crippen LogP contribution is 2.33. The van der Waals surface area contributed by atoms with E-state index in [1.807, 2.05) is 24.5 Å². The third-order valence-corrected chi connectivity index (χ3v) is 5.65. The molecule has 1 unspecified atom stereocenters. The fraction of sp³-hybridized carbons (Fsp3) is 0.200. The minimum atomic E-state index is 0.354. The van der Waals surface area contributed by atoms with Crippen molar-refractivity contribution in [2.45, 2.75) is 12.5 Å². The van der Waals surface area contributed by atoms with Gasteiger partial charge in [-0.05, 0) is 36.7 Å². The second kappa shape index (κ2) is 5.63. The number of thiophene rings is 2. The molecule has 1 N–H and O–H groups in total. The molecule has 2 heterocycles. The molecule has 0 aliphatic carbocycles. The fourth-order valence-electron chi connectivity index (χ4n) is 2.18. The summed E-state index contributed by atoms with van der Waals surface area (Å²) >= 11 is 9.53. The predicted octanol–water partition coefficient (Wildman–Crippen LogP) is 5.12. The van der Waals surface area contributed by atoms with Gasteiger partial charge in [0.05, 0.1) is 4.34 Å². The zero-order valence-electron chi connectivity index (χ0n) is 10.5. The lowest BCUT2D eigenvalue weighted by atomic mass is 10.1. The Kier molecular flexibility index (Phi) is 3.89. The molecule has 0 aliphatic heterocycles. The first-order valence-corrected chi connectivity index (χ1v) is 8.17. The molecule has 98 valence electrons. The highest BCUT2D eigenvalue weighted by molar-refractivity contribution is 7.19. The zero-order valence-corrected chi connectivity index (χ0v) is 12.9. The van der Waals surface area contributed by atoms with Gasteiger partial charge in [-0.25, -0.2) is 0 Å². The van der Waals surface area contributed by atoms with E-state index in [2.05, 4.69) is 41.7 Å². The summed E-state index contributed by atoms with van der Waals surface area (Å²) < 4.78 is 2.21. The summed E-state index contributed by atoms with van der Waals surface area (Å²) in [7, 11) is 2.02. The molecular weight excluding hydrogens is 294 g/mol. The molecule has 3 aromatic rings. The lowest BCUT2D eigenvalue weighted by molar-refractivity contribution is 0.607. The Morgan fingerprint density at radius 1 is 1.16 bits per heavy atom. The van der Waals surface area contributed by atoms with Crippen molar-refractivity contribution in [1.82, 2.24) is 5.32 Å². The van der Waals surface area contributed by atoms with E-state index in [0.717, 1.165) is 10.8 Å². The molecule has 0 bridgehead atoms. The van der Waals surface area contributed by atoms with E-state index in [9.17, 15) is 0 Å². The van der Waals surface area contributed by atoms with Crippen molar-refractivity contribution in [3.63, 3.8) is 0 Å². The third-order valence-electron chi connectivity index (χ3n) is 3.17. The number of hydrogen-bond acceptors (Lipinski definition) is 3. The quantitative estimate of drug-likeness (QED) is 0.705. The second-order valence-corrected chi connectivity index (χ2v) is 7.35. The number of rotatable bonds is 4. The minimum absolute atomic E-state index is 0.354. The van der Waals surface area contributed by atoms with Crippen molar-refractivity contribution in [2.75, 3.05) is 7.05 Å². The summed E-state index contributed by atoms with van der Waals surface area (Å²) in [6.45, 7) is 0. The Bertz CT molecular complexity index is 653. The summed E-state index contributed by atoms with van der Waals surface area (Å²) in [5, 5.41) is 4.74. The van der Waals surface area contributed by atoms with E-state index < -0.39 is 0 Å². The van der Waals surface area contributed by atoms with Crippen molar-refractivity contribution in [1.29, 1.82) is 0 Å². The van der Waals surface area contributed by atoms with Crippen LogP contribution in [0.3, 0.4) is 0 Å². The van der Waals surface area contributed by atoms with Crippen LogP contribution in [0.25, 0.3) is 10.1 Å². The SMILES string of the molecule is CNC(Cc1ccc(Cl)s1)c1cc2ccccc2s1. The molecule has 0 saturated heterocycles. The van der Waals surface area contributed by atoms with Gasteiger partial charge in [-0.15, -0.1) is 22.7 Å². The van der Waals surface area contributed by atoms with Crippen LogP contribution in [-0.4, -0.2) is 7.05 Å². The highest BCUT2D eigenvalue weighted by Gasteiger charge is 2.14. The van der Waals surface area contributed by atoms with Crippen LogP contribution < -0.4 is 5.32 Å². The molecule has 0 amide bonds. The van der Waals surface area contributed by atoms with E-state index in [-0.39, 0.29) is 0 Å². The Hall–Kier alpha value is -0.870. The maximum absolute atomic E-state index is 6.00. The van der Waals surface area contributed by atoms with Gasteiger partial charge in [0.25, 0.3) is 0 Å². The van der Waals surface area contributed by atoms with Crippen LogP contribution in [0.2, 0.25) is 4.34 Å². The van der Waals surface area contributed by atoms with Crippen molar-refractivity contribution >= 4 is 44.4 Å². The van der Waals surface area contributed by atoms with Gasteiger partial charge in [-0.1, -0.05) is 29.8 Å². The first kappa shape index (κ1) is 13.1. The maximum Gasteiger partial charge on any atom is 0.0931 e. The normalized spacial score (nSPS) is 12.9. The molecule has 0 aliphatic rings. The molecule has 0 saturated carbocycles. The molecule has 4 heteroatoms. The first-order valence-electron chi connectivity index (χ1n) is 6.16. The monoisotopic (exact) mass is 307 g/mol. The molecule has 1 atom stereocenters. The molecule has 19 heavy (non-hydrogen) atoms. The van der Waals surface area contributed by atoms with Crippen molar-refractivity contribution in [2.24, 2.45) is 0 Å². The zero-order chi connectivity index (χ0) is 13.2. The average Bonchev–Trinajstić information content (AvgIpc) is 3.01. The number of halogens is 1. The van der Waals surface area contributed by atoms with E-state index >= 15 is 0 Å². The fourth-order valence-corrected chi connectivity index (χ4v) is 4.49. The first-order chi connectivity index (χ1) is 9.26. The van der Waals surface area contributed by atoms with Crippen LogP contribution in [-0.2, 0) is 6.42 Å². The largest absolute Gasteiger partial charge is 0.312 e. The van der Waals surface area contributed by atoms with Crippen LogP contribution >= 0.6 is 34.3 Å². The van der Waals surface area contributed by atoms with E-state index in [1.54, 1.807) is 11.3 Å². The van der Waals surface area contributed by atoms with E-state index in [4.69, 9.17) is 11.6 Å². The number of nitrogens with one attached hydrogen (secondary N) is 1. The highest BCUT2D eigenvalue weighted by atomic mass is 35.5. The van der Waals surface area contributed by atoms with Gasteiger partial charge in [0.15, 0.2) is 0 Å². The van der Waals surface area contributed by atoms with Gasteiger partial charge >= 0.3 is 0 Å². The third kappa shape index (κ3) is 2.84. The Morgan fingerprint density at radius 2 is 2.00 bits per heavy atom. The number of benzene rings is 1. The van der Waals surface area contributed by atoms with Crippen molar-refractivity contribution in [3.8, 4) is 0 Å². The Morgan fingerprint density at radius 3 is 2.68 bits per heavy atom. The number of fused-ring (bicyclic) bond motifs is 1. The summed E-state index contributed by atoms with van der Waals surface area (Å²) in [6.07, 6.45) is 0.987. The van der Waals surface area contributed by atoms with Gasteiger partial charge in [0, 0.05) is 26.9 Å². The van der Waals surface area contributed by atoms with Gasteiger partial charge in [-0.2, -0.15) is 0 Å². The topological polar surface area (TPSA) is 12.0 Å². The van der Waals surface area contributed by atoms with Crippen LogP contribution in [0.1, 0.15) is 15.8 Å². The molecular formula is C15H14ClNS2. The van der Waals surface area contributed by atoms with Crippen LogP contribution in [0.4, 0.5) is 0 Å². The maximum atomic E-state index is 6.00. The number of likely N-dealkylation sites (N-methyl/N-ethyl adjacent to an activating group) is 1. The predicted molar refractivity (Wildman–Crippen MR) is 86.7 cm³/mol. The van der Waals surface area contributed by atoms with Gasteiger partial charge < -0.3 is 5.32 Å². The summed E-state index contributed by atoms with van der Waals surface area (Å²) in [5.41, 5.74) is 0. The van der Waals surface area contributed by atoms with E-state index in [0.29, 0.717) is 6.04 Å². The smallest absolute Gasteiger partial charge is 0.0931 e. The van der Waals surface area contributed by atoms with Crippen molar-refractivity contribution < 1.29 is 0 Å². The summed E-state index contributed by atoms with van der Waals surface area (Å²) in [6, 6.07) is 15.3. The summed E-state index contributed by atoms with van der Waals surface area (Å²) in [5.74, 6) is 0. The second-order valence-electron chi connectivity index (χ2n) is 4.44. The molecule has 1 nitrogen and oxygen atoms in total. The van der Waals surface area contributed by atoms with Gasteiger partial charge in [0.1, 0.15) is 0 Å². The molecule has 0 spiro atoms. The molecule has 0 fully saturated rings. The standard InChI is InChI=1S/C15H14ClNS2/c1-17-12(9-11-6-7-15(16)18-11)14-8-10-4-2-3-5-13(10)19-14/h2-8,12,17H,9H2,1H3. The van der Waals surface area contributed by atoms with E-state index in [1.165, 1.54) is 19.8 Å².